The second kappa shape index (κ2) is 6.08. The highest BCUT2D eigenvalue weighted by Crippen LogP contribution is 2.27. The SMILES string of the molecule is O=C(O)c1cccc(CSc2cccc(Cl)c2)c1F. The Bertz CT molecular complexity index is 616. The van der Waals surface area contributed by atoms with Crippen LogP contribution in [0.5, 0.6) is 0 Å². The first-order valence-electron chi connectivity index (χ1n) is 5.47. The highest BCUT2D eigenvalue weighted by Gasteiger charge is 2.13. The van der Waals surface area contributed by atoms with E-state index in [0.717, 1.165) is 4.90 Å². The molecule has 0 heterocycles. The average molecular weight is 297 g/mol. The summed E-state index contributed by atoms with van der Waals surface area (Å²) in [7, 11) is 0. The molecule has 19 heavy (non-hydrogen) atoms. The zero-order valence-corrected chi connectivity index (χ0v) is 11.3. The van der Waals surface area contributed by atoms with E-state index in [4.69, 9.17) is 16.7 Å². The van der Waals surface area contributed by atoms with E-state index in [2.05, 4.69) is 0 Å². The van der Waals surface area contributed by atoms with Gasteiger partial charge in [0.1, 0.15) is 5.82 Å². The van der Waals surface area contributed by atoms with Gasteiger partial charge in [0.05, 0.1) is 5.56 Å². The molecule has 0 radical (unpaired) electrons. The summed E-state index contributed by atoms with van der Waals surface area (Å²) in [4.78, 5) is 11.7. The number of carbonyl (C=O) groups is 1. The lowest BCUT2D eigenvalue weighted by Crippen LogP contribution is -2.02. The second-order valence-electron chi connectivity index (χ2n) is 3.83. The molecule has 0 aliphatic rings. The van der Waals surface area contributed by atoms with Crippen molar-refractivity contribution < 1.29 is 14.3 Å². The molecular formula is C14H10ClFO2S. The molecule has 0 aliphatic heterocycles. The molecule has 2 nitrogen and oxygen atoms in total. The van der Waals surface area contributed by atoms with E-state index in [1.807, 2.05) is 12.1 Å². The van der Waals surface area contributed by atoms with Crippen molar-refractivity contribution in [3.8, 4) is 0 Å². The van der Waals surface area contributed by atoms with Crippen LogP contribution in [-0.2, 0) is 5.75 Å². The van der Waals surface area contributed by atoms with Crippen molar-refractivity contribution in [2.24, 2.45) is 0 Å². The number of halogens is 2. The van der Waals surface area contributed by atoms with Crippen molar-refractivity contribution in [3.05, 3.63) is 64.4 Å². The predicted molar refractivity (Wildman–Crippen MR) is 74.4 cm³/mol. The summed E-state index contributed by atoms with van der Waals surface area (Å²) in [6, 6.07) is 11.6. The number of rotatable bonds is 4. The van der Waals surface area contributed by atoms with E-state index >= 15 is 0 Å². The van der Waals surface area contributed by atoms with Crippen LogP contribution in [0.4, 0.5) is 4.39 Å². The van der Waals surface area contributed by atoms with Gasteiger partial charge in [-0.15, -0.1) is 11.8 Å². The third-order valence-corrected chi connectivity index (χ3v) is 3.78. The summed E-state index contributed by atoms with van der Waals surface area (Å²) < 4.78 is 13.9. The summed E-state index contributed by atoms with van der Waals surface area (Å²) in [5.41, 5.74) is 0.0640. The van der Waals surface area contributed by atoms with E-state index in [1.165, 1.54) is 17.8 Å². The van der Waals surface area contributed by atoms with Gasteiger partial charge in [-0.05, 0) is 29.8 Å². The molecule has 0 aliphatic carbocycles. The largest absolute Gasteiger partial charge is 0.478 e. The Morgan fingerprint density at radius 3 is 2.68 bits per heavy atom. The number of carboxylic acids is 1. The molecule has 0 saturated carbocycles. The monoisotopic (exact) mass is 296 g/mol. The van der Waals surface area contributed by atoms with Gasteiger partial charge in [0, 0.05) is 15.7 Å². The highest BCUT2D eigenvalue weighted by molar-refractivity contribution is 7.98. The molecule has 0 aromatic heterocycles. The van der Waals surface area contributed by atoms with E-state index in [-0.39, 0.29) is 5.56 Å². The van der Waals surface area contributed by atoms with Crippen molar-refractivity contribution in [2.75, 3.05) is 0 Å². The van der Waals surface area contributed by atoms with Crippen molar-refractivity contribution in [2.45, 2.75) is 10.6 Å². The Balaban J connectivity index is 2.16. The molecule has 2 rings (SSSR count). The zero-order chi connectivity index (χ0) is 13.8. The topological polar surface area (TPSA) is 37.3 Å². The number of hydrogen-bond donors (Lipinski definition) is 1. The van der Waals surface area contributed by atoms with Crippen LogP contribution in [0.3, 0.4) is 0 Å². The van der Waals surface area contributed by atoms with E-state index in [0.29, 0.717) is 16.3 Å². The minimum Gasteiger partial charge on any atom is -0.478 e. The first-order valence-corrected chi connectivity index (χ1v) is 6.83. The van der Waals surface area contributed by atoms with Gasteiger partial charge in [-0.2, -0.15) is 0 Å². The van der Waals surface area contributed by atoms with Crippen molar-refractivity contribution in [3.63, 3.8) is 0 Å². The van der Waals surface area contributed by atoms with Crippen LogP contribution in [0.25, 0.3) is 0 Å². The summed E-state index contributed by atoms with van der Waals surface area (Å²) in [6.45, 7) is 0. The molecule has 2 aromatic rings. The van der Waals surface area contributed by atoms with Gasteiger partial charge in [-0.3, -0.25) is 0 Å². The van der Waals surface area contributed by atoms with Gasteiger partial charge in [0.25, 0.3) is 0 Å². The van der Waals surface area contributed by atoms with Gasteiger partial charge >= 0.3 is 5.97 Å². The van der Waals surface area contributed by atoms with Gasteiger partial charge in [-0.25, -0.2) is 9.18 Å². The first-order chi connectivity index (χ1) is 9.08. The fraction of sp³-hybridized carbons (Fsp3) is 0.0714. The minimum absolute atomic E-state index is 0.302. The Hall–Kier alpha value is -1.52. The Labute approximate surface area is 119 Å². The van der Waals surface area contributed by atoms with Crippen LogP contribution >= 0.6 is 23.4 Å². The summed E-state index contributed by atoms with van der Waals surface area (Å²) >= 11 is 7.26. The van der Waals surface area contributed by atoms with Crippen LogP contribution in [0.1, 0.15) is 15.9 Å². The molecule has 0 saturated heterocycles. The lowest BCUT2D eigenvalue weighted by Gasteiger charge is -2.06. The van der Waals surface area contributed by atoms with Gasteiger partial charge < -0.3 is 5.11 Å². The predicted octanol–water partition coefficient (Wildman–Crippen LogP) is 4.47. The Morgan fingerprint density at radius 1 is 1.26 bits per heavy atom. The molecule has 0 bridgehead atoms. The normalized spacial score (nSPS) is 10.4. The molecule has 1 N–H and O–H groups in total. The fourth-order valence-corrected chi connectivity index (χ4v) is 2.76. The van der Waals surface area contributed by atoms with Crippen molar-refractivity contribution >= 4 is 29.3 Å². The van der Waals surface area contributed by atoms with Gasteiger partial charge in [0.15, 0.2) is 0 Å². The second-order valence-corrected chi connectivity index (χ2v) is 5.32. The third kappa shape index (κ3) is 3.49. The fourth-order valence-electron chi connectivity index (χ4n) is 1.57. The van der Waals surface area contributed by atoms with E-state index < -0.39 is 11.8 Å². The molecule has 98 valence electrons. The molecule has 0 spiro atoms. The summed E-state index contributed by atoms with van der Waals surface area (Å²) in [5.74, 6) is -1.58. The molecule has 2 aromatic carbocycles. The third-order valence-electron chi connectivity index (χ3n) is 2.50. The number of aromatic carboxylic acids is 1. The maximum Gasteiger partial charge on any atom is 0.338 e. The molecule has 0 atom stereocenters. The van der Waals surface area contributed by atoms with Crippen LogP contribution in [0.2, 0.25) is 5.02 Å². The maximum absolute atomic E-state index is 13.9. The van der Waals surface area contributed by atoms with Crippen molar-refractivity contribution in [1.82, 2.24) is 0 Å². The maximum atomic E-state index is 13.9. The summed E-state index contributed by atoms with van der Waals surface area (Å²) in [5, 5.41) is 9.46. The lowest BCUT2D eigenvalue weighted by atomic mass is 10.1. The lowest BCUT2D eigenvalue weighted by molar-refractivity contribution is 0.0691. The van der Waals surface area contributed by atoms with E-state index in [1.54, 1.807) is 24.3 Å². The minimum atomic E-state index is -1.26. The van der Waals surface area contributed by atoms with E-state index in [9.17, 15) is 9.18 Å². The Kier molecular flexibility index (Phi) is 4.45. The number of carboxylic acid groups (broad SMARTS) is 1. The number of thioether (sulfide) groups is 1. The molecule has 0 fully saturated rings. The summed E-state index contributed by atoms with van der Waals surface area (Å²) in [6.07, 6.45) is 0. The molecule has 0 unspecified atom stereocenters. The number of benzene rings is 2. The van der Waals surface area contributed by atoms with Crippen LogP contribution in [-0.4, -0.2) is 11.1 Å². The number of hydrogen-bond acceptors (Lipinski definition) is 2. The van der Waals surface area contributed by atoms with Crippen LogP contribution in [0.15, 0.2) is 47.4 Å². The van der Waals surface area contributed by atoms with Crippen molar-refractivity contribution in [1.29, 1.82) is 0 Å². The quantitative estimate of drug-likeness (QED) is 0.846. The first kappa shape index (κ1) is 13.9. The molecule has 0 amide bonds. The zero-order valence-electron chi connectivity index (χ0n) is 9.77. The molecule has 5 heteroatoms. The standard InChI is InChI=1S/C14H10ClFO2S/c15-10-4-2-5-11(7-10)19-8-9-3-1-6-12(13(9)16)14(17)18/h1-7H,8H2,(H,17,18). The van der Waals surface area contributed by atoms with Gasteiger partial charge in [0.2, 0.25) is 0 Å². The smallest absolute Gasteiger partial charge is 0.338 e. The Morgan fingerprint density at radius 2 is 2.00 bits per heavy atom. The molecular weight excluding hydrogens is 287 g/mol. The highest BCUT2D eigenvalue weighted by atomic mass is 35.5. The van der Waals surface area contributed by atoms with Crippen LogP contribution < -0.4 is 0 Å². The van der Waals surface area contributed by atoms with Crippen LogP contribution in [0, 0.1) is 5.82 Å². The van der Waals surface area contributed by atoms with Gasteiger partial charge in [-0.1, -0.05) is 29.8 Å². The average Bonchev–Trinajstić information content (AvgIpc) is 2.37.